The molecule has 0 aliphatic rings. The molecule has 0 N–H and O–H groups in total. The van der Waals surface area contributed by atoms with E-state index in [1.807, 2.05) is 6.92 Å². The molecule has 1 rings (SSSR count). The minimum Gasteiger partial charge on any atom is -0.479 e. The number of nitrogens with zero attached hydrogens (tertiary/aromatic N) is 1. The molecular weight excluding hydrogens is 422 g/mol. The van der Waals surface area contributed by atoms with Crippen molar-refractivity contribution in [2.24, 2.45) is 0 Å². The van der Waals surface area contributed by atoms with E-state index in [1.54, 1.807) is 43.0 Å². The highest BCUT2D eigenvalue weighted by atomic mass is 35.5. The number of unbranched alkanes of at least 4 members (excludes halogenated alkanes) is 2. The summed E-state index contributed by atoms with van der Waals surface area (Å²) < 4.78 is 15.8. The van der Waals surface area contributed by atoms with Gasteiger partial charge in [0.25, 0.3) is 0 Å². The molecule has 1 unspecified atom stereocenters. The molecule has 0 fully saturated rings. The lowest BCUT2D eigenvalue weighted by Gasteiger charge is -2.23. The van der Waals surface area contributed by atoms with Gasteiger partial charge in [0.15, 0.2) is 6.10 Å². The predicted molar refractivity (Wildman–Crippen MR) is 121 cm³/mol. The number of alkyl halides is 1. The monoisotopic (exact) mass is 455 g/mol. The van der Waals surface area contributed by atoms with E-state index in [1.165, 1.54) is 0 Å². The first-order valence-electron chi connectivity index (χ1n) is 10.9. The number of benzene rings is 1. The van der Waals surface area contributed by atoms with Crippen LogP contribution in [-0.2, 0) is 23.9 Å². The molecule has 1 aromatic rings. The quantitative estimate of drug-likeness (QED) is 0.220. The van der Waals surface area contributed by atoms with Gasteiger partial charge in [0.1, 0.15) is 11.6 Å². The minimum absolute atomic E-state index is 0.123. The van der Waals surface area contributed by atoms with E-state index >= 15 is 0 Å². The summed E-state index contributed by atoms with van der Waals surface area (Å²) in [7, 11) is 0. The first-order chi connectivity index (χ1) is 15.0. The third-order valence-electron chi connectivity index (χ3n) is 4.51. The van der Waals surface area contributed by atoms with Gasteiger partial charge in [-0.25, -0.2) is 4.79 Å². The second-order valence-corrected chi connectivity index (χ2v) is 7.20. The molecule has 1 atom stereocenters. The summed E-state index contributed by atoms with van der Waals surface area (Å²) in [4.78, 5) is 37.4. The van der Waals surface area contributed by atoms with E-state index in [0.29, 0.717) is 50.5 Å². The van der Waals surface area contributed by atoms with Gasteiger partial charge < -0.3 is 19.1 Å². The Morgan fingerprint density at radius 3 is 2.23 bits per heavy atom. The maximum absolute atomic E-state index is 12.3. The van der Waals surface area contributed by atoms with Crippen LogP contribution in [0.2, 0.25) is 0 Å². The average Bonchev–Trinajstić information content (AvgIpc) is 2.76. The van der Waals surface area contributed by atoms with Crippen LogP contribution in [-0.4, -0.2) is 49.6 Å². The first-order valence-corrected chi connectivity index (χ1v) is 11.4. The summed E-state index contributed by atoms with van der Waals surface area (Å²) in [6, 6.07) is 7.00. The van der Waals surface area contributed by atoms with Gasteiger partial charge in [0.2, 0.25) is 5.91 Å². The molecule has 1 amide bonds. The zero-order valence-corrected chi connectivity index (χ0v) is 19.5. The Morgan fingerprint density at radius 2 is 1.65 bits per heavy atom. The molecule has 0 aromatic heterocycles. The maximum atomic E-state index is 12.3. The van der Waals surface area contributed by atoms with Crippen LogP contribution in [0.25, 0.3) is 0 Å². The third kappa shape index (κ3) is 10.0. The molecule has 0 heterocycles. The molecule has 0 spiro atoms. The molecule has 0 bridgehead atoms. The van der Waals surface area contributed by atoms with E-state index in [2.05, 4.69) is 0 Å². The van der Waals surface area contributed by atoms with Crippen LogP contribution in [0.1, 0.15) is 59.3 Å². The Hall–Kier alpha value is -2.28. The van der Waals surface area contributed by atoms with Crippen LogP contribution in [0.5, 0.6) is 5.75 Å². The molecule has 0 aliphatic carbocycles. The second kappa shape index (κ2) is 15.5. The van der Waals surface area contributed by atoms with E-state index in [0.717, 1.165) is 19.3 Å². The third-order valence-corrected chi connectivity index (χ3v) is 4.74. The zero-order valence-electron chi connectivity index (χ0n) is 18.7. The second-order valence-electron chi connectivity index (χ2n) is 6.94. The number of anilines is 1. The van der Waals surface area contributed by atoms with Crippen LogP contribution in [0, 0.1) is 0 Å². The Balaban J connectivity index is 2.69. The van der Waals surface area contributed by atoms with Gasteiger partial charge in [-0.15, -0.1) is 11.6 Å². The minimum atomic E-state index is -0.657. The van der Waals surface area contributed by atoms with Crippen molar-refractivity contribution in [3.63, 3.8) is 0 Å². The highest BCUT2D eigenvalue weighted by Gasteiger charge is 2.21. The van der Waals surface area contributed by atoms with Crippen molar-refractivity contribution in [2.45, 2.75) is 65.4 Å². The Morgan fingerprint density at radius 1 is 0.968 bits per heavy atom. The van der Waals surface area contributed by atoms with Gasteiger partial charge in [0, 0.05) is 18.7 Å². The fourth-order valence-electron chi connectivity index (χ4n) is 3.01. The molecule has 174 valence electrons. The molecule has 31 heavy (non-hydrogen) atoms. The Bertz CT molecular complexity index is 679. The normalized spacial score (nSPS) is 11.5. The van der Waals surface area contributed by atoms with Gasteiger partial charge in [-0.2, -0.15) is 0 Å². The number of esters is 2. The highest BCUT2D eigenvalue weighted by Crippen LogP contribution is 2.22. The topological polar surface area (TPSA) is 82.1 Å². The molecular formula is C23H34ClNO6. The number of ether oxygens (including phenoxy) is 3. The molecule has 1 aromatic carbocycles. The van der Waals surface area contributed by atoms with Crippen molar-refractivity contribution in [1.29, 1.82) is 0 Å². The lowest BCUT2D eigenvalue weighted by molar-refractivity contribution is -0.151. The summed E-state index contributed by atoms with van der Waals surface area (Å²) in [6.45, 7) is 6.70. The first kappa shape index (κ1) is 26.8. The fraction of sp³-hybridized carbons (Fsp3) is 0.609. The summed E-state index contributed by atoms with van der Waals surface area (Å²) in [5, 5.41) is 0. The molecule has 0 saturated heterocycles. The molecule has 0 aliphatic heterocycles. The highest BCUT2D eigenvalue weighted by molar-refractivity contribution is 6.29. The Labute approximate surface area is 190 Å². The van der Waals surface area contributed by atoms with Gasteiger partial charge in [-0.3, -0.25) is 9.59 Å². The molecule has 8 heteroatoms. The maximum Gasteiger partial charge on any atom is 0.347 e. The largest absolute Gasteiger partial charge is 0.479 e. The average molecular weight is 456 g/mol. The van der Waals surface area contributed by atoms with Gasteiger partial charge in [-0.1, -0.05) is 19.8 Å². The lowest BCUT2D eigenvalue weighted by Crippen LogP contribution is -2.33. The van der Waals surface area contributed by atoms with Crippen molar-refractivity contribution < 1.29 is 28.6 Å². The van der Waals surface area contributed by atoms with Crippen LogP contribution in [0.3, 0.4) is 0 Å². The van der Waals surface area contributed by atoms with Crippen LogP contribution in [0.15, 0.2) is 24.3 Å². The summed E-state index contributed by atoms with van der Waals surface area (Å²) in [5.41, 5.74) is 0.701. The van der Waals surface area contributed by atoms with Crippen LogP contribution >= 0.6 is 11.6 Å². The van der Waals surface area contributed by atoms with E-state index in [9.17, 15) is 14.4 Å². The summed E-state index contributed by atoms with van der Waals surface area (Å²) in [5.74, 6) is -0.368. The smallest absolute Gasteiger partial charge is 0.347 e. The van der Waals surface area contributed by atoms with Crippen LogP contribution in [0.4, 0.5) is 5.69 Å². The van der Waals surface area contributed by atoms with Crippen LogP contribution < -0.4 is 9.64 Å². The van der Waals surface area contributed by atoms with E-state index in [-0.39, 0.29) is 23.7 Å². The molecule has 0 radical (unpaired) electrons. The van der Waals surface area contributed by atoms with E-state index < -0.39 is 6.10 Å². The molecule has 7 nitrogen and oxygen atoms in total. The lowest BCUT2D eigenvalue weighted by atomic mass is 10.1. The standard InChI is InChI=1S/C23H34ClNO6/c1-4-10-20(23(28)30-6-3)31-19-14-12-18(13-15-19)25(21(26)17-24)16-9-7-8-11-22(27)29-5-2/h12-15,20H,4-11,16-17H2,1-3H3. The zero-order chi connectivity index (χ0) is 23.1. The predicted octanol–water partition coefficient (Wildman–Crippen LogP) is 4.49. The number of rotatable bonds is 15. The van der Waals surface area contributed by atoms with Gasteiger partial charge in [-0.05, 0) is 57.4 Å². The summed E-state index contributed by atoms with van der Waals surface area (Å²) in [6.07, 6.45) is 3.31. The number of carbonyl (C=O) groups is 3. The van der Waals surface area contributed by atoms with Crippen molar-refractivity contribution in [3.05, 3.63) is 24.3 Å². The van der Waals surface area contributed by atoms with Crippen molar-refractivity contribution >= 4 is 35.1 Å². The number of hydrogen-bond acceptors (Lipinski definition) is 6. The number of hydrogen-bond donors (Lipinski definition) is 0. The van der Waals surface area contributed by atoms with Crippen molar-refractivity contribution in [3.8, 4) is 5.75 Å². The van der Waals surface area contributed by atoms with Crippen molar-refractivity contribution in [1.82, 2.24) is 0 Å². The Kier molecular flexibility index (Phi) is 13.4. The van der Waals surface area contributed by atoms with Gasteiger partial charge >= 0.3 is 11.9 Å². The van der Waals surface area contributed by atoms with Gasteiger partial charge in [0.05, 0.1) is 13.2 Å². The van der Waals surface area contributed by atoms with Crippen molar-refractivity contribution in [2.75, 3.05) is 30.5 Å². The SMILES string of the molecule is CCCC(Oc1ccc(N(CCCCCC(=O)OCC)C(=O)CCl)cc1)C(=O)OCC. The fourth-order valence-corrected chi connectivity index (χ4v) is 3.15. The number of carbonyl (C=O) groups excluding carboxylic acids is 3. The number of halogens is 1. The molecule has 0 saturated carbocycles. The van der Waals surface area contributed by atoms with E-state index in [4.69, 9.17) is 25.8 Å². The number of amides is 1. The summed E-state index contributed by atoms with van der Waals surface area (Å²) >= 11 is 5.78.